The molecule has 0 aliphatic carbocycles. The largest absolute Gasteiger partial charge is 0.373 e. The van der Waals surface area contributed by atoms with Crippen LogP contribution in [0.5, 0.6) is 0 Å². The summed E-state index contributed by atoms with van der Waals surface area (Å²) in [5.74, 6) is -0.526. The number of hydrogen-bond donors (Lipinski definition) is 1. The Kier molecular flexibility index (Phi) is 3.86. The lowest BCUT2D eigenvalue weighted by Crippen LogP contribution is -2.34. The first-order valence-corrected chi connectivity index (χ1v) is 7.38. The van der Waals surface area contributed by atoms with Crippen LogP contribution < -0.4 is 10.2 Å². The maximum absolute atomic E-state index is 12.5. The maximum atomic E-state index is 12.5. The molecule has 1 aliphatic heterocycles. The minimum atomic E-state index is -0.563. The SMILES string of the molecule is Cc1ccc(N[C@@H]2CC(=O)N(c3ccccc3Cl)C2=O)cc1. The zero-order valence-electron chi connectivity index (χ0n) is 12.0. The van der Waals surface area contributed by atoms with Gasteiger partial charge in [-0.15, -0.1) is 0 Å². The van der Waals surface area contributed by atoms with E-state index in [4.69, 9.17) is 11.6 Å². The van der Waals surface area contributed by atoms with Gasteiger partial charge in [0, 0.05) is 5.69 Å². The van der Waals surface area contributed by atoms with Crippen molar-refractivity contribution in [2.24, 2.45) is 0 Å². The van der Waals surface area contributed by atoms with Gasteiger partial charge in [0.15, 0.2) is 0 Å². The molecule has 1 N–H and O–H groups in total. The van der Waals surface area contributed by atoms with Crippen LogP contribution in [0.3, 0.4) is 0 Å². The minimum Gasteiger partial charge on any atom is -0.373 e. The zero-order valence-corrected chi connectivity index (χ0v) is 12.8. The van der Waals surface area contributed by atoms with Crippen LogP contribution in [0.2, 0.25) is 5.02 Å². The normalized spacial score (nSPS) is 17.9. The Morgan fingerprint density at radius 1 is 1.09 bits per heavy atom. The van der Waals surface area contributed by atoms with Crippen LogP contribution in [0.25, 0.3) is 0 Å². The second-order valence-corrected chi connectivity index (χ2v) is 5.69. The fourth-order valence-electron chi connectivity index (χ4n) is 2.48. The molecule has 1 saturated heterocycles. The zero-order chi connectivity index (χ0) is 15.7. The molecule has 1 atom stereocenters. The molecule has 0 spiro atoms. The highest BCUT2D eigenvalue weighted by Gasteiger charge is 2.40. The quantitative estimate of drug-likeness (QED) is 0.883. The molecule has 22 heavy (non-hydrogen) atoms. The first-order valence-electron chi connectivity index (χ1n) is 7.01. The van der Waals surface area contributed by atoms with Gasteiger partial charge in [-0.2, -0.15) is 0 Å². The molecule has 4 nitrogen and oxygen atoms in total. The van der Waals surface area contributed by atoms with Crippen LogP contribution in [0.4, 0.5) is 11.4 Å². The number of imide groups is 1. The number of anilines is 2. The van der Waals surface area contributed by atoms with Crippen molar-refractivity contribution < 1.29 is 9.59 Å². The lowest BCUT2D eigenvalue weighted by atomic mass is 10.2. The predicted octanol–water partition coefficient (Wildman–Crippen LogP) is 3.39. The van der Waals surface area contributed by atoms with Crippen LogP contribution >= 0.6 is 11.6 Å². The van der Waals surface area contributed by atoms with Gasteiger partial charge in [0.25, 0.3) is 5.91 Å². The summed E-state index contributed by atoms with van der Waals surface area (Å²) in [6.45, 7) is 1.99. The van der Waals surface area contributed by atoms with Crippen molar-refractivity contribution in [2.75, 3.05) is 10.2 Å². The Morgan fingerprint density at radius 3 is 2.45 bits per heavy atom. The first kappa shape index (κ1) is 14.6. The molecule has 2 aromatic carbocycles. The van der Waals surface area contributed by atoms with E-state index < -0.39 is 6.04 Å². The number of hydrogen-bond acceptors (Lipinski definition) is 3. The van der Waals surface area contributed by atoms with E-state index >= 15 is 0 Å². The molecule has 1 heterocycles. The molecule has 3 rings (SSSR count). The van der Waals surface area contributed by atoms with E-state index in [1.54, 1.807) is 24.3 Å². The summed E-state index contributed by atoms with van der Waals surface area (Å²) in [6, 6.07) is 14.0. The van der Waals surface area contributed by atoms with Gasteiger partial charge >= 0.3 is 0 Å². The van der Waals surface area contributed by atoms with E-state index in [9.17, 15) is 9.59 Å². The number of amides is 2. The van der Waals surface area contributed by atoms with Crippen molar-refractivity contribution in [3.8, 4) is 0 Å². The summed E-state index contributed by atoms with van der Waals surface area (Å²) in [5, 5.41) is 3.50. The Labute approximate surface area is 133 Å². The third-order valence-corrected chi connectivity index (χ3v) is 3.95. The molecular weight excluding hydrogens is 300 g/mol. The van der Waals surface area contributed by atoms with Crippen molar-refractivity contribution in [1.82, 2.24) is 0 Å². The lowest BCUT2D eigenvalue weighted by molar-refractivity contribution is -0.121. The minimum absolute atomic E-state index is 0.123. The molecular formula is C17H15ClN2O2. The van der Waals surface area contributed by atoms with Gasteiger partial charge in [-0.25, -0.2) is 4.90 Å². The Morgan fingerprint density at radius 2 is 1.77 bits per heavy atom. The monoisotopic (exact) mass is 314 g/mol. The standard InChI is InChI=1S/C17H15ClN2O2/c1-11-6-8-12(9-7-11)19-14-10-16(21)20(17(14)22)15-5-3-2-4-13(15)18/h2-9,14,19H,10H2,1H3/t14-/m1/s1. The van der Waals surface area contributed by atoms with E-state index in [0.717, 1.165) is 16.2 Å². The molecule has 112 valence electrons. The van der Waals surface area contributed by atoms with E-state index in [1.807, 2.05) is 31.2 Å². The highest BCUT2D eigenvalue weighted by atomic mass is 35.5. The summed E-state index contributed by atoms with van der Waals surface area (Å²) in [6.07, 6.45) is 0.123. The first-order chi connectivity index (χ1) is 10.6. The molecule has 5 heteroatoms. The summed E-state index contributed by atoms with van der Waals surface area (Å²) < 4.78 is 0. The third-order valence-electron chi connectivity index (χ3n) is 3.63. The van der Waals surface area contributed by atoms with Crippen LogP contribution in [0.1, 0.15) is 12.0 Å². The molecule has 0 aromatic heterocycles. The highest BCUT2D eigenvalue weighted by molar-refractivity contribution is 6.36. The van der Waals surface area contributed by atoms with Gasteiger partial charge in [0.2, 0.25) is 5.91 Å². The number of aryl methyl sites for hydroxylation is 1. The van der Waals surface area contributed by atoms with E-state index in [-0.39, 0.29) is 18.2 Å². The van der Waals surface area contributed by atoms with Crippen molar-refractivity contribution >= 4 is 34.8 Å². The number of para-hydroxylation sites is 1. The van der Waals surface area contributed by atoms with Gasteiger partial charge in [-0.1, -0.05) is 41.4 Å². The number of carbonyl (C=O) groups is 2. The molecule has 1 fully saturated rings. The van der Waals surface area contributed by atoms with Crippen molar-refractivity contribution in [3.05, 3.63) is 59.1 Å². The summed E-state index contributed by atoms with van der Waals surface area (Å²) >= 11 is 6.09. The number of rotatable bonds is 3. The molecule has 2 amide bonds. The van der Waals surface area contributed by atoms with E-state index in [0.29, 0.717) is 10.7 Å². The third kappa shape index (κ3) is 2.70. The molecule has 2 aromatic rings. The summed E-state index contributed by atoms with van der Waals surface area (Å²) in [5.41, 5.74) is 2.39. The Hall–Kier alpha value is -2.33. The second-order valence-electron chi connectivity index (χ2n) is 5.29. The highest BCUT2D eigenvalue weighted by Crippen LogP contribution is 2.30. The van der Waals surface area contributed by atoms with Crippen molar-refractivity contribution in [2.45, 2.75) is 19.4 Å². The maximum Gasteiger partial charge on any atom is 0.256 e. The van der Waals surface area contributed by atoms with Crippen LogP contribution in [0, 0.1) is 6.92 Å². The van der Waals surface area contributed by atoms with Gasteiger partial charge in [0.05, 0.1) is 17.1 Å². The van der Waals surface area contributed by atoms with E-state index in [1.165, 1.54) is 0 Å². The fraction of sp³-hybridized carbons (Fsp3) is 0.176. The predicted molar refractivity (Wildman–Crippen MR) is 87.2 cm³/mol. The smallest absolute Gasteiger partial charge is 0.256 e. The van der Waals surface area contributed by atoms with Crippen LogP contribution in [-0.4, -0.2) is 17.9 Å². The molecule has 0 saturated carbocycles. The van der Waals surface area contributed by atoms with E-state index in [2.05, 4.69) is 5.32 Å². The lowest BCUT2D eigenvalue weighted by Gasteiger charge is -2.17. The Balaban J connectivity index is 1.82. The Bertz CT molecular complexity index is 728. The molecule has 0 unspecified atom stereocenters. The number of halogens is 1. The van der Waals surface area contributed by atoms with Gasteiger partial charge in [-0.3, -0.25) is 9.59 Å². The molecule has 1 aliphatic rings. The topological polar surface area (TPSA) is 49.4 Å². The van der Waals surface area contributed by atoms with Gasteiger partial charge < -0.3 is 5.32 Å². The number of nitrogens with one attached hydrogen (secondary N) is 1. The number of benzene rings is 2. The van der Waals surface area contributed by atoms with Crippen LogP contribution in [0.15, 0.2) is 48.5 Å². The van der Waals surface area contributed by atoms with Crippen molar-refractivity contribution in [3.63, 3.8) is 0 Å². The average Bonchev–Trinajstić information content (AvgIpc) is 2.77. The number of carbonyl (C=O) groups excluding carboxylic acids is 2. The molecule has 0 radical (unpaired) electrons. The summed E-state index contributed by atoms with van der Waals surface area (Å²) in [7, 11) is 0. The fourth-order valence-corrected chi connectivity index (χ4v) is 2.70. The second kappa shape index (κ2) is 5.81. The van der Waals surface area contributed by atoms with Crippen LogP contribution in [-0.2, 0) is 9.59 Å². The number of nitrogens with zero attached hydrogens (tertiary/aromatic N) is 1. The van der Waals surface area contributed by atoms with Gasteiger partial charge in [0.1, 0.15) is 6.04 Å². The van der Waals surface area contributed by atoms with Crippen molar-refractivity contribution in [1.29, 1.82) is 0 Å². The molecule has 0 bridgehead atoms. The van der Waals surface area contributed by atoms with Gasteiger partial charge in [-0.05, 0) is 31.2 Å². The summed E-state index contributed by atoms with van der Waals surface area (Å²) in [4.78, 5) is 25.9. The average molecular weight is 315 g/mol.